The Morgan fingerprint density at radius 3 is 2.76 bits per heavy atom. The van der Waals surface area contributed by atoms with Gasteiger partial charge in [-0.15, -0.1) is 0 Å². The fourth-order valence-electron chi connectivity index (χ4n) is 1.68. The smallest absolute Gasteiger partial charge is 0.244 e. The third-order valence-corrected chi connectivity index (χ3v) is 4.12. The predicted molar refractivity (Wildman–Crippen MR) is 72.0 cm³/mol. The number of aliphatic hydroxyl groups excluding tert-OH is 1. The maximum atomic E-state index is 12.2. The predicted octanol–water partition coefficient (Wildman–Crippen LogP) is 0.357. The van der Waals surface area contributed by atoms with Crippen LogP contribution in [0.2, 0.25) is 0 Å². The first-order valence-corrected chi connectivity index (χ1v) is 7.51. The van der Waals surface area contributed by atoms with Crippen molar-refractivity contribution in [2.24, 2.45) is 0 Å². The van der Waals surface area contributed by atoms with E-state index in [0.717, 1.165) is 0 Å². The van der Waals surface area contributed by atoms with Crippen LogP contribution in [-0.2, 0) is 23.2 Å². The van der Waals surface area contributed by atoms with E-state index in [1.54, 1.807) is 6.92 Å². The maximum Gasteiger partial charge on any atom is 0.244 e. The van der Waals surface area contributed by atoms with E-state index in [2.05, 4.69) is 14.9 Å². The number of hydrogen-bond donors (Lipinski definition) is 2. The summed E-state index contributed by atoms with van der Waals surface area (Å²) in [6, 6.07) is 4.34. The normalized spacial score (nSPS) is 11.6. The zero-order valence-electron chi connectivity index (χ0n) is 11.5. The molecule has 0 aliphatic rings. The average Bonchev–Trinajstić information content (AvgIpc) is 2.90. The van der Waals surface area contributed by atoms with Gasteiger partial charge in [0.2, 0.25) is 15.9 Å². The average molecular weight is 313 g/mol. The van der Waals surface area contributed by atoms with Gasteiger partial charge < -0.3 is 14.4 Å². The Bertz CT molecular complexity index is 726. The summed E-state index contributed by atoms with van der Waals surface area (Å²) in [6.07, 6.45) is 0. The van der Waals surface area contributed by atoms with Crippen LogP contribution >= 0.6 is 0 Å². The Labute approximate surface area is 121 Å². The molecular weight excluding hydrogens is 298 g/mol. The lowest BCUT2D eigenvalue weighted by molar-refractivity contribution is 0.280. The van der Waals surface area contributed by atoms with Crippen molar-refractivity contribution in [2.45, 2.75) is 25.0 Å². The number of benzene rings is 1. The van der Waals surface area contributed by atoms with Gasteiger partial charge in [-0.25, -0.2) is 13.1 Å². The zero-order valence-corrected chi connectivity index (χ0v) is 12.3. The van der Waals surface area contributed by atoms with Gasteiger partial charge in [0.1, 0.15) is 10.6 Å². The fourth-order valence-corrected chi connectivity index (χ4v) is 2.80. The molecule has 114 valence electrons. The third-order valence-electron chi connectivity index (χ3n) is 2.68. The quantitative estimate of drug-likeness (QED) is 0.791. The van der Waals surface area contributed by atoms with Crippen LogP contribution in [0.5, 0.6) is 5.75 Å². The molecule has 2 rings (SSSR count). The molecule has 1 aromatic carbocycles. The Kier molecular flexibility index (Phi) is 4.56. The van der Waals surface area contributed by atoms with Crippen molar-refractivity contribution >= 4 is 10.0 Å². The highest BCUT2D eigenvalue weighted by atomic mass is 32.2. The first kappa shape index (κ1) is 15.4. The molecule has 2 aromatic rings. The number of nitrogens with zero attached hydrogens (tertiary/aromatic N) is 2. The monoisotopic (exact) mass is 313 g/mol. The van der Waals surface area contributed by atoms with E-state index in [1.165, 1.54) is 25.3 Å². The molecule has 0 aliphatic heterocycles. The Morgan fingerprint density at radius 1 is 1.43 bits per heavy atom. The van der Waals surface area contributed by atoms with Crippen LogP contribution < -0.4 is 9.46 Å². The van der Waals surface area contributed by atoms with Crippen molar-refractivity contribution in [3.8, 4) is 5.75 Å². The van der Waals surface area contributed by atoms with E-state index in [-0.39, 0.29) is 29.7 Å². The number of nitrogens with one attached hydrogen (secondary N) is 1. The topological polar surface area (TPSA) is 115 Å². The molecule has 21 heavy (non-hydrogen) atoms. The number of sulfonamides is 1. The van der Waals surface area contributed by atoms with Gasteiger partial charge in [0, 0.05) is 0 Å². The van der Waals surface area contributed by atoms with Crippen LogP contribution in [0, 0.1) is 6.92 Å². The summed E-state index contributed by atoms with van der Waals surface area (Å²) in [6.45, 7) is 1.32. The van der Waals surface area contributed by atoms with Gasteiger partial charge in [0.05, 0.1) is 20.3 Å². The molecule has 0 radical (unpaired) electrons. The minimum atomic E-state index is -3.80. The first-order chi connectivity index (χ1) is 9.96. The summed E-state index contributed by atoms with van der Waals surface area (Å²) in [7, 11) is -2.44. The van der Waals surface area contributed by atoms with E-state index in [4.69, 9.17) is 14.4 Å². The van der Waals surface area contributed by atoms with Crippen LogP contribution in [0.4, 0.5) is 0 Å². The molecule has 0 amide bonds. The van der Waals surface area contributed by atoms with Crippen molar-refractivity contribution in [3.05, 3.63) is 35.5 Å². The van der Waals surface area contributed by atoms with Gasteiger partial charge in [0.15, 0.2) is 5.82 Å². The van der Waals surface area contributed by atoms with Gasteiger partial charge in [-0.2, -0.15) is 4.98 Å². The lowest BCUT2D eigenvalue weighted by atomic mass is 10.2. The number of aryl methyl sites for hydroxylation is 1. The van der Waals surface area contributed by atoms with Gasteiger partial charge in [0.25, 0.3) is 0 Å². The van der Waals surface area contributed by atoms with Crippen LogP contribution in [0.15, 0.2) is 27.6 Å². The number of rotatable bonds is 6. The van der Waals surface area contributed by atoms with Crippen LogP contribution in [0.25, 0.3) is 0 Å². The van der Waals surface area contributed by atoms with Gasteiger partial charge in [-0.05, 0) is 24.6 Å². The highest BCUT2D eigenvalue weighted by molar-refractivity contribution is 7.89. The van der Waals surface area contributed by atoms with E-state index in [1.807, 2.05) is 0 Å². The largest absolute Gasteiger partial charge is 0.495 e. The summed E-state index contributed by atoms with van der Waals surface area (Å²) in [5, 5.41) is 12.6. The van der Waals surface area contributed by atoms with Crippen LogP contribution in [-0.4, -0.2) is 30.8 Å². The SMILES string of the molecule is COc1cc(CO)ccc1S(=O)(=O)NCc1nc(C)no1. The second-order valence-corrected chi connectivity index (χ2v) is 5.94. The molecule has 8 nitrogen and oxygen atoms in total. The summed E-state index contributed by atoms with van der Waals surface area (Å²) in [5.41, 5.74) is 0.554. The molecule has 1 heterocycles. The van der Waals surface area contributed by atoms with Crippen molar-refractivity contribution in [1.29, 1.82) is 0 Å². The molecule has 0 unspecified atom stereocenters. The van der Waals surface area contributed by atoms with E-state index < -0.39 is 10.0 Å². The summed E-state index contributed by atoms with van der Waals surface area (Å²) in [5.74, 6) is 0.742. The van der Waals surface area contributed by atoms with Crippen LogP contribution in [0.1, 0.15) is 17.3 Å². The number of hydrogen-bond acceptors (Lipinski definition) is 7. The Hall–Kier alpha value is -1.97. The number of aromatic nitrogens is 2. The molecule has 0 saturated heterocycles. The molecular formula is C12H15N3O5S. The van der Waals surface area contributed by atoms with Gasteiger partial charge in [-0.1, -0.05) is 11.2 Å². The lowest BCUT2D eigenvalue weighted by Gasteiger charge is -2.10. The molecule has 0 spiro atoms. The minimum Gasteiger partial charge on any atom is -0.495 e. The molecule has 0 fully saturated rings. The van der Waals surface area contributed by atoms with Crippen molar-refractivity contribution in [3.63, 3.8) is 0 Å². The van der Waals surface area contributed by atoms with Gasteiger partial charge in [-0.3, -0.25) is 0 Å². The van der Waals surface area contributed by atoms with E-state index in [0.29, 0.717) is 11.4 Å². The highest BCUT2D eigenvalue weighted by Crippen LogP contribution is 2.25. The maximum absolute atomic E-state index is 12.2. The van der Waals surface area contributed by atoms with E-state index >= 15 is 0 Å². The van der Waals surface area contributed by atoms with Gasteiger partial charge >= 0.3 is 0 Å². The fraction of sp³-hybridized carbons (Fsp3) is 0.333. The second kappa shape index (κ2) is 6.20. The standard InChI is InChI=1S/C12H15N3O5S/c1-8-14-12(20-15-8)6-13-21(17,18)11-4-3-9(7-16)5-10(11)19-2/h3-5,13,16H,6-7H2,1-2H3. The second-order valence-electron chi connectivity index (χ2n) is 4.20. The van der Waals surface area contributed by atoms with E-state index in [9.17, 15) is 8.42 Å². The Balaban J connectivity index is 2.22. The van der Waals surface area contributed by atoms with Crippen molar-refractivity contribution < 1.29 is 22.8 Å². The first-order valence-electron chi connectivity index (χ1n) is 6.03. The summed E-state index contributed by atoms with van der Waals surface area (Å²) < 4.78 is 36.7. The number of ether oxygens (including phenoxy) is 1. The minimum absolute atomic E-state index is 0.0292. The molecule has 0 atom stereocenters. The number of aliphatic hydroxyl groups is 1. The highest BCUT2D eigenvalue weighted by Gasteiger charge is 2.20. The third kappa shape index (κ3) is 3.57. The van der Waals surface area contributed by atoms with Crippen molar-refractivity contribution in [1.82, 2.24) is 14.9 Å². The molecule has 0 aliphatic carbocycles. The molecule has 9 heteroatoms. The number of methoxy groups -OCH3 is 1. The summed E-state index contributed by atoms with van der Waals surface area (Å²) >= 11 is 0. The van der Waals surface area contributed by atoms with Crippen LogP contribution in [0.3, 0.4) is 0 Å². The summed E-state index contributed by atoms with van der Waals surface area (Å²) in [4.78, 5) is 3.88. The molecule has 1 aromatic heterocycles. The lowest BCUT2D eigenvalue weighted by Crippen LogP contribution is -2.24. The molecule has 0 saturated carbocycles. The van der Waals surface area contributed by atoms with Crippen molar-refractivity contribution in [2.75, 3.05) is 7.11 Å². The zero-order chi connectivity index (χ0) is 15.5. The molecule has 2 N–H and O–H groups in total. The Morgan fingerprint density at radius 2 is 2.19 bits per heavy atom. The molecule has 0 bridgehead atoms.